The van der Waals surface area contributed by atoms with Crippen LogP contribution in [0.2, 0.25) is 0 Å². The van der Waals surface area contributed by atoms with Gasteiger partial charge in [0.25, 0.3) is 5.91 Å². The van der Waals surface area contributed by atoms with Crippen molar-refractivity contribution >= 4 is 26.9 Å². The largest absolute Gasteiger partial charge is 0.451 e. The molecule has 2 heterocycles. The molecule has 0 aliphatic carbocycles. The molecule has 7 nitrogen and oxygen atoms in total. The molecule has 1 aromatic heterocycles. The van der Waals surface area contributed by atoms with Crippen LogP contribution >= 0.6 is 0 Å². The topological polar surface area (TPSA) is 82.9 Å². The fourth-order valence-electron chi connectivity index (χ4n) is 4.65. The molecule has 1 aromatic carbocycles. The summed E-state index contributed by atoms with van der Waals surface area (Å²) in [5.41, 5.74) is 1.19. The molecule has 32 heavy (non-hydrogen) atoms. The molecule has 1 saturated heterocycles. The van der Waals surface area contributed by atoms with Gasteiger partial charge in [-0.1, -0.05) is 27.7 Å². The second kappa shape index (κ2) is 10.4. The van der Waals surface area contributed by atoms with Crippen molar-refractivity contribution in [2.24, 2.45) is 11.8 Å². The van der Waals surface area contributed by atoms with Crippen molar-refractivity contribution in [3.8, 4) is 0 Å². The van der Waals surface area contributed by atoms with E-state index in [0.29, 0.717) is 48.0 Å². The maximum Gasteiger partial charge on any atom is 0.287 e. The summed E-state index contributed by atoms with van der Waals surface area (Å²) in [5.74, 6) is 0.661. The zero-order chi connectivity index (χ0) is 23.5. The first-order chi connectivity index (χ1) is 15.2. The van der Waals surface area contributed by atoms with E-state index >= 15 is 0 Å². The predicted molar refractivity (Wildman–Crippen MR) is 127 cm³/mol. The van der Waals surface area contributed by atoms with Gasteiger partial charge in [0.05, 0.1) is 4.90 Å². The van der Waals surface area contributed by atoms with Crippen LogP contribution in [0.4, 0.5) is 0 Å². The summed E-state index contributed by atoms with van der Waals surface area (Å²) in [6.07, 6.45) is 1.90. The van der Waals surface area contributed by atoms with E-state index in [1.165, 1.54) is 0 Å². The summed E-state index contributed by atoms with van der Waals surface area (Å²) in [4.78, 5) is 15.2. The van der Waals surface area contributed by atoms with E-state index in [1.807, 2.05) is 0 Å². The fourth-order valence-corrected chi connectivity index (χ4v) is 6.36. The Balaban J connectivity index is 1.76. The maximum atomic E-state index is 13.3. The van der Waals surface area contributed by atoms with Crippen molar-refractivity contribution in [1.29, 1.82) is 0 Å². The van der Waals surface area contributed by atoms with Gasteiger partial charge in [-0.25, -0.2) is 8.42 Å². The fraction of sp³-hybridized carbons (Fsp3) is 0.625. The van der Waals surface area contributed by atoms with Crippen molar-refractivity contribution < 1.29 is 17.6 Å². The van der Waals surface area contributed by atoms with Gasteiger partial charge in [0, 0.05) is 30.6 Å². The number of benzene rings is 1. The quantitative estimate of drug-likeness (QED) is 0.571. The predicted octanol–water partition coefficient (Wildman–Crippen LogP) is 3.87. The highest BCUT2D eigenvalue weighted by Crippen LogP contribution is 2.31. The third-order valence-corrected chi connectivity index (χ3v) is 8.25. The van der Waals surface area contributed by atoms with Crippen LogP contribution in [0.3, 0.4) is 0 Å². The molecule has 1 aliphatic heterocycles. The molecule has 1 amide bonds. The van der Waals surface area contributed by atoms with E-state index in [4.69, 9.17) is 4.42 Å². The second-order valence-electron chi connectivity index (χ2n) is 9.12. The van der Waals surface area contributed by atoms with E-state index in [1.54, 1.807) is 29.4 Å². The van der Waals surface area contributed by atoms with E-state index < -0.39 is 10.0 Å². The van der Waals surface area contributed by atoms with Crippen LogP contribution in [0.15, 0.2) is 27.5 Å². The van der Waals surface area contributed by atoms with Crippen LogP contribution in [0.5, 0.6) is 0 Å². The molecular weight excluding hydrogens is 426 g/mol. The molecule has 2 aromatic rings. The molecule has 0 bridgehead atoms. The number of furan rings is 1. The first-order valence-corrected chi connectivity index (χ1v) is 13.1. The Bertz CT molecular complexity index is 1030. The lowest BCUT2D eigenvalue weighted by Gasteiger charge is -2.34. The Hall–Kier alpha value is -1.90. The van der Waals surface area contributed by atoms with Crippen LogP contribution in [0, 0.1) is 18.8 Å². The summed E-state index contributed by atoms with van der Waals surface area (Å²) in [7, 11) is -3.59. The van der Waals surface area contributed by atoms with E-state index in [2.05, 4.69) is 37.9 Å². The van der Waals surface area contributed by atoms with E-state index in [9.17, 15) is 13.2 Å². The van der Waals surface area contributed by atoms with Crippen molar-refractivity contribution in [3.63, 3.8) is 0 Å². The number of nitrogens with zero attached hydrogens (tertiary/aromatic N) is 2. The second-order valence-corrected chi connectivity index (χ2v) is 11.1. The standard InChI is InChI=1S/C24H37N3O4S/c1-6-26(7-2)12-8-11-25-24(28)23-19(5)21-14-20(9-10-22(21)31-23)32(29,30)27-15-17(3)13-18(4)16-27/h9-10,14,17-18H,6-8,11-13,15-16H2,1-5H3,(H,25,28)/t17-,18-/m0/s1. The third kappa shape index (κ3) is 5.35. The normalized spacial score (nSPS) is 20.2. The van der Waals surface area contributed by atoms with Gasteiger partial charge in [0.15, 0.2) is 5.76 Å². The third-order valence-electron chi connectivity index (χ3n) is 6.42. The minimum atomic E-state index is -3.59. The van der Waals surface area contributed by atoms with Crippen molar-refractivity contribution in [1.82, 2.24) is 14.5 Å². The first kappa shape index (κ1) is 24.7. The monoisotopic (exact) mass is 463 g/mol. The molecule has 1 N–H and O–H groups in total. The van der Waals surface area contributed by atoms with Gasteiger partial charge in [-0.05, 0) is 69.4 Å². The molecule has 0 saturated carbocycles. The lowest BCUT2D eigenvalue weighted by molar-refractivity contribution is 0.0925. The summed E-state index contributed by atoms with van der Waals surface area (Å²) < 4.78 is 33.9. The first-order valence-electron chi connectivity index (χ1n) is 11.7. The van der Waals surface area contributed by atoms with Gasteiger partial charge < -0.3 is 14.6 Å². The smallest absolute Gasteiger partial charge is 0.287 e. The van der Waals surface area contributed by atoms with Crippen molar-refractivity contribution in [3.05, 3.63) is 29.5 Å². The highest BCUT2D eigenvalue weighted by molar-refractivity contribution is 7.89. The Morgan fingerprint density at radius 1 is 1.19 bits per heavy atom. The van der Waals surface area contributed by atoms with Crippen LogP contribution in [0.1, 0.15) is 56.7 Å². The lowest BCUT2D eigenvalue weighted by atomic mass is 9.94. The molecule has 0 unspecified atom stereocenters. The number of nitrogens with one attached hydrogen (secondary N) is 1. The van der Waals surface area contributed by atoms with Crippen molar-refractivity contribution in [2.75, 3.05) is 39.3 Å². The number of amides is 1. The Kier molecular flexibility index (Phi) is 8.01. The average Bonchev–Trinajstić information content (AvgIpc) is 3.09. The lowest BCUT2D eigenvalue weighted by Crippen LogP contribution is -2.42. The average molecular weight is 464 g/mol. The minimum Gasteiger partial charge on any atom is -0.451 e. The molecule has 1 fully saturated rings. The Morgan fingerprint density at radius 3 is 2.47 bits per heavy atom. The van der Waals surface area contributed by atoms with Gasteiger partial charge in [-0.2, -0.15) is 4.31 Å². The minimum absolute atomic E-state index is 0.248. The van der Waals surface area contributed by atoms with E-state index in [0.717, 1.165) is 32.5 Å². The van der Waals surface area contributed by atoms with E-state index in [-0.39, 0.29) is 16.6 Å². The number of sulfonamides is 1. The maximum absolute atomic E-state index is 13.3. The number of carbonyl (C=O) groups excluding carboxylic acids is 1. The Labute approximate surface area is 192 Å². The summed E-state index contributed by atoms with van der Waals surface area (Å²) >= 11 is 0. The molecule has 3 rings (SSSR count). The van der Waals surface area contributed by atoms with Gasteiger partial charge in [-0.3, -0.25) is 4.79 Å². The molecule has 178 valence electrons. The van der Waals surface area contributed by atoms with Crippen LogP contribution < -0.4 is 5.32 Å². The van der Waals surface area contributed by atoms with Crippen LogP contribution in [-0.2, 0) is 10.0 Å². The number of fused-ring (bicyclic) bond motifs is 1. The molecule has 2 atom stereocenters. The summed E-state index contributed by atoms with van der Waals surface area (Å²) in [6, 6.07) is 4.88. The van der Waals surface area contributed by atoms with Gasteiger partial charge >= 0.3 is 0 Å². The number of carbonyl (C=O) groups is 1. The zero-order valence-electron chi connectivity index (χ0n) is 20.0. The van der Waals surface area contributed by atoms with Gasteiger partial charge in [-0.15, -0.1) is 0 Å². The number of hydrogen-bond donors (Lipinski definition) is 1. The number of hydrogen-bond acceptors (Lipinski definition) is 5. The van der Waals surface area contributed by atoms with Crippen molar-refractivity contribution in [2.45, 2.75) is 52.4 Å². The summed E-state index contributed by atoms with van der Waals surface area (Å²) in [6.45, 7) is 14.8. The van der Waals surface area contributed by atoms with Crippen LogP contribution in [-0.4, -0.2) is 62.8 Å². The van der Waals surface area contributed by atoms with Gasteiger partial charge in [0.2, 0.25) is 10.0 Å². The molecule has 0 spiro atoms. The highest BCUT2D eigenvalue weighted by Gasteiger charge is 2.32. The molecule has 8 heteroatoms. The molecule has 1 aliphatic rings. The Morgan fingerprint density at radius 2 is 1.84 bits per heavy atom. The van der Waals surface area contributed by atoms with Crippen LogP contribution in [0.25, 0.3) is 11.0 Å². The zero-order valence-corrected chi connectivity index (χ0v) is 20.8. The summed E-state index contributed by atoms with van der Waals surface area (Å²) in [5, 5.41) is 3.59. The number of piperidine rings is 1. The highest BCUT2D eigenvalue weighted by atomic mass is 32.2. The molecular formula is C24H37N3O4S. The number of rotatable bonds is 9. The van der Waals surface area contributed by atoms with Gasteiger partial charge in [0.1, 0.15) is 5.58 Å². The SMILES string of the molecule is CCN(CC)CCCNC(=O)c1oc2ccc(S(=O)(=O)N3C[C@@H](C)C[C@H](C)C3)cc2c1C. The molecule has 0 radical (unpaired) electrons. The number of aryl methyl sites for hydroxylation is 1.